The lowest BCUT2D eigenvalue weighted by Crippen LogP contribution is -2.23. The first-order valence-corrected chi connectivity index (χ1v) is 9.61. The number of benzene rings is 1. The summed E-state index contributed by atoms with van der Waals surface area (Å²) in [5.41, 5.74) is 2.15. The van der Waals surface area contributed by atoms with Crippen LogP contribution >= 0.6 is 11.3 Å². The highest BCUT2D eigenvalue weighted by Gasteiger charge is 2.24. The summed E-state index contributed by atoms with van der Waals surface area (Å²) in [5, 5.41) is 11.7. The highest BCUT2D eigenvalue weighted by Crippen LogP contribution is 2.32. The van der Waals surface area contributed by atoms with E-state index < -0.39 is 5.97 Å². The van der Waals surface area contributed by atoms with Gasteiger partial charge in [0.15, 0.2) is 0 Å². The lowest BCUT2D eigenvalue weighted by atomic mass is 10.1. The van der Waals surface area contributed by atoms with Crippen LogP contribution in [0.1, 0.15) is 33.0 Å². The van der Waals surface area contributed by atoms with Gasteiger partial charge in [0.1, 0.15) is 23.0 Å². The zero-order chi connectivity index (χ0) is 19.8. The first-order chi connectivity index (χ1) is 13.5. The molecule has 0 unspecified atom stereocenters. The number of carboxylic acids is 1. The molecule has 0 radical (unpaired) electrons. The second kappa shape index (κ2) is 7.09. The van der Waals surface area contributed by atoms with E-state index in [9.17, 15) is 14.7 Å². The van der Waals surface area contributed by atoms with Crippen molar-refractivity contribution >= 4 is 39.2 Å². The van der Waals surface area contributed by atoms with Crippen molar-refractivity contribution in [3.8, 4) is 5.75 Å². The third-order valence-corrected chi connectivity index (χ3v) is 5.88. The van der Waals surface area contributed by atoms with Crippen LogP contribution in [0.2, 0.25) is 0 Å². The summed E-state index contributed by atoms with van der Waals surface area (Å²) in [6.45, 7) is 6.23. The van der Waals surface area contributed by atoms with Crippen molar-refractivity contribution in [3.05, 3.63) is 69.1 Å². The molecule has 28 heavy (non-hydrogen) atoms. The van der Waals surface area contributed by atoms with E-state index in [1.54, 1.807) is 17.6 Å². The normalized spacial score (nSPS) is 14.4. The summed E-state index contributed by atoms with van der Waals surface area (Å²) in [6.07, 6.45) is 4.38. The number of aromatic carboxylic acids is 1. The molecular formula is C21H17N2O4S-. The number of nitrogens with zero attached hydrogens (tertiary/aromatic N) is 2. The number of carbonyl (C=O) groups is 1. The Balaban J connectivity index is 1.75. The van der Waals surface area contributed by atoms with Gasteiger partial charge in [-0.3, -0.25) is 9.36 Å². The van der Waals surface area contributed by atoms with E-state index >= 15 is 0 Å². The first kappa shape index (κ1) is 18.2. The molecule has 0 N–H and O–H groups in total. The number of allylic oxidation sites excluding steroid dienone is 1. The van der Waals surface area contributed by atoms with Crippen LogP contribution in [-0.4, -0.2) is 22.1 Å². The maximum absolute atomic E-state index is 12.9. The zero-order valence-electron chi connectivity index (χ0n) is 15.2. The minimum Gasteiger partial charge on any atom is -0.544 e. The smallest absolute Gasteiger partial charge is 0.262 e. The van der Waals surface area contributed by atoms with E-state index in [1.165, 1.54) is 0 Å². The second-order valence-corrected chi connectivity index (χ2v) is 7.50. The van der Waals surface area contributed by atoms with Crippen molar-refractivity contribution in [1.29, 1.82) is 0 Å². The Morgan fingerprint density at radius 1 is 1.39 bits per heavy atom. The molecule has 4 rings (SSSR count). The Hall–Kier alpha value is -3.19. The molecule has 1 aromatic carbocycles. The van der Waals surface area contributed by atoms with Gasteiger partial charge in [0.2, 0.25) is 0 Å². The molecule has 0 saturated heterocycles. The number of aryl methyl sites for hydroxylation is 1. The monoisotopic (exact) mass is 393 g/mol. The Kier molecular flexibility index (Phi) is 4.60. The van der Waals surface area contributed by atoms with Gasteiger partial charge in [0.25, 0.3) is 5.56 Å². The van der Waals surface area contributed by atoms with Gasteiger partial charge in [-0.1, -0.05) is 24.8 Å². The number of ether oxygens (including phenoxy) is 1. The van der Waals surface area contributed by atoms with Crippen molar-refractivity contribution in [2.75, 3.05) is 6.61 Å². The second-order valence-electron chi connectivity index (χ2n) is 6.50. The van der Waals surface area contributed by atoms with E-state index in [0.717, 1.165) is 28.2 Å². The number of thiophene rings is 1. The molecule has 0 fully saturated rings. The van der Waals surface area contributed by atoms with Gasteiger partial charge in [-0.25, -0.2) is 4.98 Å². The van der Waals surface area contributed by atoms with Crippen molar-refractivity contribution in [2.45, 2.75) is 19.9 Å². The summed E-state index contributed by atoms with van der Waals surface area (Å²) >= 11 is 0.992. The van der Waals surface area contributed by atoms with Crippen LogP contribution in [0.5, 0.6) is 5.75 Å². The molecule has 1 aliphatic heterocycles. The largest absolute Gasteiger partial charge is 0.544 e. The topological polar surface area (TPSA) is 84.2 Å². The molecule has 0 bridgehead atoms. The van der Waals surface area contributed by atoms with Crippen molar-refractivity contribution in [2.24, 2.45) is 0 Å². The lowest BCUT2D eigenvalue weighted by molar-refractivity contribution is -0.254. The molecular weight excluding hydrogens is 376 g/mol. The van der Waals surface area contributed by atoms with Gasteiger partial charge >= 0.3 is 0 Å². The Morgan fingerprint density at radius 3 is 2.82 bits per heavy atom. The van der Waals surface area contributed by atoms with Crippen LogP contribution in [0.15, 0.2) is 41.7 Å². The molecule has 0 amide bonds. The van der Waals surface area contributed by atoms with Gasteiger partial charge in [0, 0.05) is 6.54 Å². The highest BCUT2D eigenvalue weighted by atomic mass is 32.1. The van der Waals surface area contributed by atoms with E-state index in [-0.39, 0.29) is 10.4 Å². The fourth-order valence-electron chi connectivity index (χ4n) is 3.36. The van der Waals surface area contributed by atoms with Crippen LogP contribution in [0, 0.1) is 6.92 Å². The Morgan fingerprint density at radius 2 is 2.14 bits per heavy atom. The predicted octanol–water partition coefficient (Wildman–Crippen LogP) is 2.64. The molecule has 1 aliphatic rings. The van der Waals surface area contributed by atoms with E-state index in [4.69, 9.17) is 4.74 Å². The molecule has 142 valence electrons. The molecule has 3 heterocycles. The standard InChI is InChI=1S/C21H18N2O4S/c1-3-10-27-15-6-4-13(5-7-15)11-14-8-9-23-18(14)22-19-16(20(23)24)12(2)17(28-19)21(25)26/h3-7,11H,1,8-10H2,2H3,(H,25,26)/p-1/b14-11-. The lowest BCUT2D eigenvalue weighted by Gasteiger charge is -2.05. The van der Waals surface area contributed by atoms with Crippen molar-refractivity contribution < 1.29 is 14.6 Å². The molecule has 0 spiro atoms. The number of hydrogen-bond donors (Lipinski definition) is 0. The van der Waals surface area contributed by atoms with E-state index in [2.05, 4.69) is 11.6 Å². The molecule has 2 aromatic heterocycles. The van der Waals surface area contributed by atoms with Gasteiger partial charge < -0.3 is 14.6 Å². The Labute approximate surface area is 165 Å². The van der Waals surface area contributed by atoms with E-state index in [0.29, 0.717) is 41.2 Å². The number of rotatable bonds is 5. The predicted molar refractivity (Wildman–Crippen MR) is 108 cm³/mol. The van der Waals surface area contributed by atoms with Gasteiger partial charge in [-0.2, -0.15) is 0 Å². The molecule has 0 saturated carbocycles. The third kappa shape index (κ3) is 3.03. The number of fused-ring (bicyclic) bond motifs is 2. The van der Waals surface area contributed by atoms with Crippen molar-refractivity contribution in [3.63, 3.8) is 0 Å². The minimum atomic E-state index is -1.28. The highest BCUT2D eigenvalue weighted by molar-refractivity contribution is 7.20. The van der Waals surface area contributed by atoms with Gasteiger partial charge in [-0.05, 0) is 48.3 Å². The van der Waals surface area contributed by atoms with Gasteiger partial charge in [-0.15, -0.1) is 11.3 Å². The molecule has 6 nitrogen and oxygen atoms in total. The van der Waals surface area contributed by atoms with Crippen LogP contribution in [-0.2, 0) is 6.54 Å². The molecule has 0 atom stereocenters. The molecule has 3 aromatic rings. The van der Waals surface area contributed by atoms with Crippen LogP contribution in [0.25, 0.3) is 21.9 Å². The summed E-state index contributed by atoms with van der Waals surface area (Å²) in [4.78, 5) is 29.3. The van der Waals surface area contributed by atoms with Crippen LogP contribution in [0.4, 0.5) is 0 Å². The number of carboxylic acid groups (broad SMARTS) is 1. The Bertz CT molecular complexity index is 1190. The number of carbonyl (C=O) groups excluding carboxylic acids is 1. The quantitative estimate of drug-likeness (QED) is 0.622. The molecule has 0 aliphatic carbocycles. The average molecular weight is 393 g/mol. The summed E-state index contributed by atoms with van der Waals surface area (Å²) in [7, 11) is 0. The average Bonchev–Trinajstić information content (AvgIpc) is 3.23. The number of hydrogen-bond acceptors (Lipinski definition) is 6. The maximum atomic E-state index is 12.9. The summed E-state index contributed by atoms with van der Waals surface area (Å²) < 4.78 is 7.10. The number of aromatic nitrogens is 2. The fourth-order valence-corrected chi connectivity index (χ4v) is 4.37. The summed E-state index contributed by atoms with van der Waals surface area (Å²) in [5.74, 6) is 0.0732. The van der Waals surface area contributed by atoms with E-state index in [1.807, 2.05) is 30.3 Å². The zero-order valence-corrected chi connectivity index (χ0v) is 16.0. The minimum absolute atomic E-state index is 0.0597. The fraction of sp³-hybridized carbons (Fsp3) is 0.190. The summed E-state index contributed by atoms with van der Waals surface area (Å²) in [6, 6.07) is 7.63. The first-order valence-electron chi connectivity index (χ1n) is 8.79. The molecule has 7 heteroatoms. The SMILES string of the molecule is C=CCOc1ccc(/C=C2/CCn3c2nc2sc(C(=O)[O-])c(C)c2c3=O)cc1. The van der Waals surface area contributed by atoms with Crippen LogP contribution < -0.4 is 15.4 Å². The van der Waals surface area contributed by atoms with Gasteiger partial charge in [0.05, 0.1) is 16.2 Å². The third-order valence-electron chi connectivity index (χ3n) is 4.72. The van der Waals surface area contributed by atoms with Crippen LogP contribution in [0.3, 0.4) is 0 Å². The van der Waals surface area contributed by atoms with Crippen molar-refractivity contribution in [1.82, 2.24) is 9.55 Å². The maximum Gasteiger partial charge on any atom is 0.262 e.